The fourth-order valence-corrected chi connectivity index (χ4v) is 2.15. The Balaban J connectivity index is 2.38. The van der Waals surface area contributed by atoms with Crippen LogP contribution >= 0.6 is 15.9 Å². The molecule has 16 heavy (non-hydrogen) atoms. The predicted molar refractivity (Wildman–Crippen MR) is 75.0 cm³/mol. The van der Waals surface area contributed by atoms with Gasteiger partial charge in [0.1, 0.15) is 0 Å². The topological polar surface area (TPSA) is 15.3 Å². The molecule has 1 N–H and O–H groups in total. The van der Waals surface area contributed by atoms with E-state index in [9.17, 15) is 0 Å². The second kappa shape index (κ2) is 6.92. The van der Waals surface area contributed by atoms with Gasteiger partial charge in [-0.05, 0) is 48.5 Å². The van der Waals surface area contributed by atoms with Gasteiger partial charge in [0.25, 0.3) is 0 Å². The normalized spacial score (nSPS) is 11.1. The molecule has 0 saturated heterocycles. The zero-order valence-corrected chi connectivity index (χ0v) is 11.9. The molecule has 0 spiro atoms. The summed E-state index contributed by atoms with van der Waals surface area (Å²) in [6.45, 7) is 9.85. The van der Waals surface area contributed by atoms with Crippen LogP contribution in [0, 0.1) is 0 Å². The minimum atomic E-state index is 0.617. The number of halogens is 1. The second-order valence-corrected chi connectivity index (χ2v) is 4.98. The third kappa shape index (κ3) is 4.14. The maximum absolute atomic E-state index is 3.53. The molecule has 0 aliphatic heterocycles. The third-order valence-corrected chi connectivity index (χ3v) is 3.42. The van der Waals surface area contributed by atoms with Gasteiger partial charge in [0, 0.05) is 29.3 Å². The number of para-hydroxylation sites is 1. The molecule has 0 aliphatic rings. The average molecular weight is 285 g/mol. The van der Waals surface area contributed by atoms with Crippen molar-refractivity contribution in [1.29, 1.82) is 0 Å². The zero-order chi connectivity index (χ0) is 12.0. The molecule has 0 fully saturated rings. The Morgan fingerprint density at radius 3 is 2.56 bits per heavy atom. The Hall–Kier alpha value is -0.540. The van der Waals surface area contributed by atoms with Gasteiger partial charge in [0.05, 0.1) is 0 Å². The summed E-state index contributed by atoms with van der Waals surface area (Å²) in [7, 11) is 0. The summed E-state index contributed by atoms with van der Waals surface area (Å²) in [5.41, 5.74) is 1.17. The molecule has 1 rings (SSSR count). The van der Waals surface area contributed by atoms with Gasteiger partial charge in [-0.1, -0.05) is 19.1 Å². The van der Waals surface area contributed by atoms with Crippen LogP contribution in [0.25, 0.3) is 0 Å². The van der Waals surface area contributed by atoms with Crippen molar-refractivity contribution in [3.05, 3.63) is 28.7 Å². The van der Waals surface area contributed by atoms with Gasteiger partial charge in [-0.3, -0.25) is 4.90 Å². The molecule has 0 bridgehead atoms. The molecule has 1 aromatic rings. The second-order valence-electron chi connectivity index (χ2n) is 4.13. The third-order valence-electron chi connectivity index (χ3n) is 2.72. The smallest absolute Gasteiger partial charge is 0.0485 e. The highest BCUT2D eigenvalue weighted by atomic mass is 79.9. The Morgan fingerprint density at radius 1 is 1.31 bits per heavy atom. The quantitative estimate of drug-likeness (QED) is 0.859. The number of benzene rings is 1. The van der Waals surface area contributed by atoms with Crippen LogP contribution in [0.15, 0.2) is 28.7 Å². The van der Waals surface area contributed by atoms with Crippen molar-refractivity contribution in [2.24, 2.45) is 0 Å². The van der Waals surface area contributed by atoms with Crippen molar-refractivity contribution >= 4 is 21.6 Å². The summed E-state index contributed by atoms with van der Waals surface area (Å²) in [6, 6.07) is 8.85. The van der Waals surface area contributed by atoms with Crippen molar-refractivity contribution < 1.29 is 0 Å². The van der Waals surface area contributed by atoms with Crippen molar-refractivity contribution in [2.45, 2.75) is 26.8 Å². The van der Waals surface area contributed by atoms with E-state index in [1.165, 1.54) is 5.69 Å². The zero-order valence-electron chi connectivity index (χ0n) is 10.3. The van der Waals surface area contributed by atoms with Gasteiger partial charge < -0.3 is 5.32 Å². The molecule has 0 aliphatic carbocycles. The Morgan fingerprint density at radius 2 is 2.00 bits per heavy atom. The number of likely N-dealkylation sites (N-methyl/N-ethyl adjacent to an activating group) is 1. The minimum absolute atomic E-state index is 0.617. The SMILES string of the molecule is CCN(CCNc1ccccc1Br)C(C)C. The van der Waals surface area contributed by atoms with E-state index < -0.39 is 0 Å². The number of nitrogens with one attached hydrogen (secondary N) is 1. The van der Waals surface area contributed by atoms with Crippen LogP contribution in [-0.2, 0) is 0 Å². The molecule has 2 nitrogen and oxygen atoms in total. The van der Waals surface area contributed by atoms with Gasteiger partial charge in [-0.15, -0.1) is 0 Å². The monoisotopic (exact) mass is 284 g/mol. The molecule has 0 aromatic heterocycles. The molecule has 0 radical (unpaired) electrons. The van der Waals surface area contributed by atoms with E-state index in [-0.39, 0.29) is 0 Å². The van der Waals surface area contributed by atoms with E-state index in [2.05, 4.69) is 59.1 Å². The van der Waals surface area contributed by atoms with Crippen molar-refractivity contribution in [3.8, 4) is 0 Å². The summed E-state index contributed by atoms with van der Waals surface area (Å²) in [6.07, 6.45) is 0. The fraction of sp³-hybridized carbons (Fsp3) is 0.538. The lowest BCUT2D eigenvalue weighted by Gasteiger charge is -2.25. The minimum Gasteiger partial charge on any atom is -0.383 e. The summed E-state index contributed by atoms with van der Waals surface area (Å²) in [5, 5.41) is 3.44. The number of nitrogens with zero attached hydrogens (tertiary/aromatic N) is 1. The van der Waals surface area contributed by atoms with Crippen LogP contribution in [0.1, 0.15) is 20.8 Å². The molecule has 0 saturated carbocycles. The maximum Gasteiger partial charge on any atom is 0.0485 e. The maximum atomic E-state index is 3.53. The highest BCUT2D eigenvalue weighted by Gasteiger charge is 2.05. The Kier molecular flexibility index (Phi) is 5.85. The van der Waals surface area contributed by atoms with Crippen LogP contribution in [0.5, 0.6) is 0 Å². The molecule has 0 unspecified atom stereocenters. The number of anilines is 1. The van der Waals surface area contributed by atoms with E-state index in [0.717, 1.165) is 24.1 Å². The summed E-state index contributed by atoms with van der Waals surface area (Å²) < 4.78 is 1.13. The first-order valence-corrected chi connectivity index (χ1v) is 6.67. The lowest BCUT2D eigenvalue weighted by Crippen LogP contribution is -2.34. The van der Waals surface area contributed by atoms with Crippen LogP contribution in [0.3, 0.4) is 0 Å². The van der Waals surface area contributed by atoms with Crippen LogP contribution in [0.4, 0.5) is 5.69 Å². The van der Waals surface area contributed by atoms with E-state index in [4.69, 9.17) is 0 Å². The van der Waals surface area contributed by atoms with Crippen LogP contribution < -0.4 is 5.32 Å². The molecule has 3 heteroatoms. The van der Waals surface area contributed by atoms with Gasteiger partial charge in [0.15, 0.2) is 0 Å². The van der Waals surface area contributed by atoms with E-state index in [1.54, 1.807) is 0 Å². The molecule has 0 atom stereocenters. The number of rotatable bonds is 6. The van der Waals surface area contributed by atoms with Crippen molar-refractivity contribution in [2.75, 3.05) is 25.0 Å². The average Bonchev–Trinajstić information content (AvgIpc) is 2.26. The Labute approximate surface area is 107 Å². The molecule has 0 amide bonds. The van der Waals surface area contributed by atoms with Gasteiger partial charge >= 0.3 is 0 Å². The number of hydrogen-bond donors (Lipinski definition) is 1. The first kappa shape index (κ1) is 13.5. The number of hydrogen-bond acceptors (Lipinski definition) is 2. The van der Waals surface area contributed by atoms with Gasteiger partial charge in [-0.25, -0.2) is 0 Å². The predicted octanol–water partition coefficient (Wildman–Crippen LogP) is 3.59. The van der Waals surface area contributed by atoms with E-state index >= 15 is 0 Å². The molecule has 90 valence electrons. The largest absolute Gasteiger partial charge is 0.383 e. The van der Waals surface area contributed by atoms with Crippen molar-refractivity contribution in [3.63, 3.8) is 0 Å². The van der Waals surface area contributed by atoms with Crippen LogP contribution in [-0.4, -0.2) is 30.6 Å². The standard InChI is InChI=1S/C13H21BrN2/c1-4-16(11(2)3)10-9-15-13-8-6-5-7-12(13)14/h5-8,11,15H,4,9-10H2,1-3H3. The van der Waals surface area contributed by atoms with Crippen molar-refractivity contribution in [1.82, 2.24) is 4.90 Å². The summed E-state index contributed by atoms with van der Waals surface area (Å²) in [4.78, 5) is 2.45. The lowest BCUT2D eigenvalue weighted by molar-refractivity contribution is 0.243. The molecule has 1 aromatic carbocycles. The van der Waals surface area contributed by atoms with E-state index in [0.29, 0.717) is 6.04 Å². The summed E-state index contributed by atoms with van der Waals surface area (Å²) in [5.74, 6) is 0. The van der Waals surface area contributed by atoms with Gasteiger partial charge in [0.2, 0.25) is 0 Å². The molecule has 0 heterocycles. The lowest BCUT2D eigenvalue weighted by atomic mass is 10.3. The van der Waals surface area contributed by atoms with E-state index in [1.807, 2.05) is 12.1 Å². The first-order chi connectivity index (χ1) is 7.65. The van der Waals surface area contributed by atoms with Crippen LogP contribution in [0.2, 0.25) is 0 Å². The molecular formula is C13H21BrN2. The fourth-order valence-electron chi connectivity index (χ4n) is 1.72. The highest BCUT2D eigenvalue weighted by molar-refractivity contribution is 9.10. The molecular weight excluding hydrogens is 264 g/mol. The first-order valence-electron chi connectivity index (χ1n) is 5.87. The van der Waals surface area contributed by atoms with Gasteiger partial charge in [-0.2, -0.15) is 0 Å². The summed E-state index contributed by atoms with van der Waals surface area (Å²) >= 11 is 3.53. The highest BCUT2D eigenvalue weighted by Crippen LogP contribution is 2.20. The Bertz CT molecular complexity index is 313.